The summed E-state index contributed by atoms with van der Waals surface area (Å²) in [6.07, 6.45) is 2.39. The molecule has 3 rings (SSSR count). The first-order valence-electron chi connectivity index (χ1n) is 6.40. The summed E-state index contributed by atoms with van der Waals surface area (Å²) in [7, 11) is 0. The average molecular weight is 256 g/mol. The fourth-order valence-corrected chi connectivity index (χ4v) is 2.30. The summed E-state index contributed by atoms with van der Waals surface area (Å²) in [6, 6.07) is 10.3. The van der Waals surface area contributed by atoms with Gasteiger partial charge in [0.05, 0.1) is 11.9 Å². The third-order valence-corrected chi connectivity index (χ3v) is 3.34. The third-order valence-electron chi connectivity index (χ3n) is 3.34. The lowest BCUT2D eigenvalue weighted by Crippen LogP contribution is -2.30. The maximum absolute atomic E-state index is 11.1. The first-order chi connectivity index (χ1) is 9.33. The van der Waals surface area contributed by atoms with Gasteiger partial charge < -0.3 is 10.6 Å². The van der Waals surface area contributed by atoms with Crippen LogP contribution < -0.4 is 10.6 Å². The van der Waals surface area contributed by atoms with Crippen molar-refractivity contribution in [1.29, 1.82) is 0 Å². The van der Waals surface area contributed by atoms with Crippen molar-refractivity contribution in [3.63, 3.8) is 0 Å². The van der Waals surface area contributed by atoms with Crippen molar-refractivity contribution >= 4 is 5.91 Å². The van der Waals surface area contributed by atoms with Crippen molar-refractivity contribution in [2.24, 2.45) is 0 Å². The Morgan fingerprint density at radius 3 is 2.89 bits per heavy atom. The van der Waals surface area contributed by atoms with E-state index in [0.717, 1.165) is 16.8 Å². The average Bonchev–Trinajstić information content (AvgIpc) is 3.06. The van der Waals surface area contributed by atoms with E-state index in [2.05, 4.69) is 33.0 Å². The molecule has 1 unspecified atom stereocenters. The Labute approximate surface area is 111 Å². The van der Waals surface area contributed by atoms with Crippen molar-refractivity contribution in [3.8, 4) is 11.3 Å². The van der Waals surface area contributed by atoms with Crippen LogP contribution in [0.25, 0.3) is 11.3 Å². The second-order valence-electron chi connectivity index (χ2n) is 4.72. The van der Waals surface area contributed by atoms with Gasteiger partial charge in [-0.15, -0.1) is 0 Å². The maximum Gasteiger partial charge on any atom is 0.221 e. The molecule has 1 amide bonds. The predicted octanol–water partition coefficient (Wildman–Crippen LogP) is 1.05. The summed E-state index contributed by atoms with van der Waals surface area (Å²) in [5, 5.41) is 13.3. The van der Waals surface area contributed by atoms with Crippen LogP contribution in [0.4, 0.5) is 0 Å². The number of aromatic nitrogens is 2. The second kappa shape index (κ2) is 5.24. The summed E-state index contributed by atoms with van der Waals surface area (Å²) in [6.45, 7) is 1.41. The molecule has 0 spiro atoms. The van der Waals surface area contributed by atoms with E-state index in [9.17, 15) is 4.79 Å². The van der Waals surface area contributed by atoms with Crippen LogP contribution in [0.5, 0.6) is 0 Å². The van der Waals surface area contributed by atoms with Crippen LogP contribution >= 0.6 is 0 Å². The molecule has 2 aromatic rings. The molecule has 5 heteroatoms. The quantitative estimate of drug-likeness (QED) is 0.766. The summed E-state index contributed by atoms with van der Waals surface area (Å²) in [4.78, 5) is 11.1. The largest absolute Gasteiger partial charge is 0.354 e. The molecule has 1 aromatic heterocycles. The van der Waals surface area contributed by atoms with Gasteiger partial charge in [-0.05, 0) is 5.56 Å². The van der Waals surface area contributed by atoms with E-state index >= 15 is 0 Å². The molecule has 0 radical (unpaired) electrons. The second-order valence-corrected chi connectivity index (χ2v) is 4.72. The number of amides is 1. The standard InChI is InChI=1S/C14H16N4O/c19-13-6-12(9-16-13)15-7-11-8-17-18-14(11)10-4-2-1-3-5-10/h1-5,8,12,15H,6-7,9H2,(H,16,19)(H,17,18). The number of nitrogens with zero attached hydrogens (tertiary/aromatic N) is 1. The van der Waals surface area contributed by atoms with Crippen LogP contribution in [0.3, 0.4) is 0 Å². The van der Waals surface area contributed by atoms with Gasteiger partial charge in [-0.1, -0.05) is 30.3 Å². The normalized spacial score (nSPS) is 18.5. The van der Waals surface area contributed by atoms with Gasteiger partial charge in [0.15, 0.2) is 0 Å². The molecule has 5 nitrogen and oxygen atoms in total. The van der Waals surface area contributed by atoms with Crippen molar-refractivity contribution in [3.05, 3.63) is 42.1 Å². The minimum Gasteiger partial charge on any atom is -0.354 e. The molecule has 1 aliphatic rings. The van der Waals surface area contributed by atoms with Crippen LogP contribution in [0.2, 0.25) is 0 Å². The molecular formula is C14H16N4O. The molecule has 1 aromatic carbocycles. The van der Waals surface area contributed by atoms with E-state index in [0.29, 0.717) is 19.5 Å². The Morgan fingerprint density at radius 2 is 2.16 bits per heavy atom. The molecule has 19 heavy (non-hydrogen) atoms. The Morgan fingerprint density at radius 1 is 1.32 bits per heavy atom. The van der Waals surface area contributed by atoms with Gasteiger partial charge in [-0.2, -0.15) is 5.10 Å². The third kappa shape index (κ3) is 2.66. The Kier molecular flexibility index (Phi) is 3.29. The molecular weight excluding hydrogens is 240 g/mol. The van der Waals surface area contributed by atoms with E-state index in [1.807, 2.05) is 24.4 Å². The fraction of sp³-hybridized carbons (Fsp3) is 0.286. The van der Waals surface area contributed by atoms with E-state index in [-0.39, 0.29) is 11.9 Å². The first-order valence-corrected chi connectivity index (χ1v) is 6.40. The Bertz CT molecular complexity index is 564. The van der Waals surface area contributed by atoms with Crippen molar-refractivity contribution in [2.75, 3.05) is 6.54 Å². The van der Waals surface area contributed by atoms with E-state index < -0.39 is 0 Å². The molecule has 2 heterocycles. The van der Waals surface area contributed by atoms with Crippen LogP contribution in [-0.2, 0) is 11.3 Å². The number of rotatable bonds is 4. The number of carbonyl (C=O) groups is 1. The Balaban J connectivity index is 1.69. The van der Waals surface area contributed by atoms with E-state index in [4.69, 9.17) is 0 Å². The molecule has 0 saturated carbocycles. The molecule has 3 N–H and O–H groups in total. The minimum absolute atomic E-state index is 0.118. The fourth-order valence-electron chi connectivity index (χ4n) is 2.30. The summed E-state index contributed by atoms with van der Waals surface area (Å²) in [5.41, 5.74) is 3.27. The zero-order chi connectivity index (χ0) is 13.1. The molecule has 1 fully saturated rings. The van der Waals surface area contributed by atoms with Gasteiger partial charge in [-0.25, -0.2) is 0 Å². The highest BCUT2D eigenvalue weighted by Gasteiger charge is 2.21. The van der Waals surface area contributed by atoms with Gasteiger partial charge >= 0.3 is 0 Å². The molecule has 0 bridgehead atoms. The SMILES string of the molecule is O=C1CC(NCc2cn[nH]c2-c2ccccc2)CN1. The highest BCUT2D eigenvalue weighted by Crippen LogP contribution is 2.20. The zero-order valence-corrected chi connectivity index (χ0v) is 10.5. The van der Waals surface area contributed by atoms with Crippen LogP contribution in [0, 0.1) is 0 Å². The first kappa shape index (κ1) is 11.9. The van der Waals surface area contributed by atoms with Gasteiger partial charge in [-0.3, -0.25) is 9.89 Å². The number of hydrogen-bond donors (Lipinski definition) is 3. The Hall–Kier alpha value is -2.14. The minimum atomic E-state index is 0.118. The molecule has 1 atom stereocenters. The van der Waals surface area contributed by atoms with Crippen molar-refractivity contribution in [1.82, 2.24) is 20.8 Å². The molecule has 1 saturated heterocycles. The number of benzene rings is 1. The number of aromatic amines is 1. The van der Waals surface area contributed by atoms with Crippen molar-refractivity contribution < 1.29 is 4.79 Å². The lowest BCUT2D eigenvalue weighted by atomic mass is 10.1. The lowest BCUT2D eigenvalue weighted by molar-refractivity contribution is -0.119. The van der Waals surface area contributed by atoms with Gasteiger partial charge in [0.2, 0.25) is 5.91 Å². The zero-order valence-electron chi connectivity index (χ0n) is 10.5. The van der Waals surface area contributed by atoms with Gasteiger partial charge in [0, 0.05) is 31.1 Å². The van der Waals surface area contributed by atoms with Crippen LogP contribution in [0.15, 0.2) is 36.5 Å². The number of carbonyl (C=O) groups excluding carboxylic acids is 1. The monoisotopic (exact) mass is 256 g/mol. The van der Waals surface area contributed by atoms with Crippen molar-refractivity contribution in [2.45, 2.75) is 19.0 Å². The van der Waals surface area contributed by atoms with E-state index in [1.54, 1.807) is 0 Å². The van der Waals surface area contributed by atoms with Gasteiger partial charge in [0.1, 0.15) is 0 Å². The number of nitrogens with one attached hydrogen (secondary N) is 3. The topological polar surface area (TPSA) is 69.8 Å². The summed E-state index contributed by atoms with van der Waals surface area (Å²) < 4.78 is 0. The van der Waals surface area contributed by atoms with E-state index in [1.165, 1.54) is 0 Å². The maximum atomic E-state index is 11.1. The summed E-state index contributed by atoms with van der Waals surface area (Å²) in [5.74, 6) is 0.118. The molecule has 1 aliphatic heterocycles. The van der Waals surface area contributed by atoms with Crippen LogP contribution in [-0.4, -0.2) is 28.7 Å². The molecule has 98 valence electrons. The van der Waals surface area contributed by atoms with Gasteiger partial charge in [0.25, 0.3) is 0 Å². The predicted molar refractivity (Wildman–Crippen MR) is 72.3 cm³/mol. The highest BCUT2D eigenvalue weighted by molar-refractivity contribution is 5.78. The molecule has 0 aliphatic carbocycles. The summed E-state index contributed by atoms with van der Waals surface area (Å²) >= 11 is 0. The lowest BCUT2D eigenvalue weighted by Gasteiger charge is -2.10. The number of H-pyrrole nitrogens is 1. The van der Waals surface area contributed by atoms with Crippen LogP contribution in [0.1, 0.15) is 12.0 Å². The highest BCUT2D eigenvalue weighted by atomic mass is 16.1. The number of hydrogen-bond acceptors (Lipinski definition) is 3. The smallest absolute Gasteiger partial charge is 0.221 e.